The Labute approximate surface area is 110 Å². The molecule has 0 saturated heterocycles. The van der Waals surface area contributed by atoms with Crippen LogP contribution in [0.1, 0.15) is 38.2 Å². The quantitative estimate of drug-likeness (QED) is 0.661. The van der Waals surface area contributed by atoms with Crippen molar-refractivity contribution in [2.45, 2.75) is 32.6 Å². The molecule has 1 rings (SSSR count). The van der Waals surface area contributed by atoms with Crippen molar-refractivity contribution in [1.29, 1.82) is 0 Å². The van der Waals surface area contributed by atoms with Gasteiger partial charge in [-0.25, -0.2) is 0 Å². The van der Waals surface area contributed by atoms with Crippen molar-refractivity contribution in [1.82, 2.24) is 0 Å². The van der Waals surface area contributed by atoms with Crippen LogP contribution in [-0.2, 0) is 4.74 Å². The minimum absolute atomic E-state index is 0.298. The lowest BCUT2D eigenvalue weighted by atomic mass is 10.0. The Morgan fingerprint density at radius 3 is 2.56 bits per heavy atom. The van der Waals surface area contributed by atoms with Crippen molar-refractivity contribution in [3.63, 3.8) is 0 Å². The molecule has 0 unspecified atom stereocenters. The monoisotopic (exact) mass is 252 g/mol. The molecule has 0 N–H and O–H groups in total. The topological polar surface area (TPSA) is 27.7 Å². The summed E-state index contributed by atoms with van der Waals surface area (Å²) in [6.07, 6.45) is 2.28. The van der Waals surface area contributed by atoms with E-state index in [1.807, 2.05) is 18.2 Å². The van der Waals surface area contributed by atoms with Gasteiger partial charge in [0.15, 0.2) is 0 Å². The molecule has 0 spiro atoms. The van der Waals surface area contributed by atoms with E-state index in [0.29, 0.717) is 12.5 Å². The van der Waals surface area contributed by atoms with Gasteiger partial charge in [0.05, 0.1) is 20.8 Å². The van der Waals surface area contributed by atoms with E-state index in [4.69, 9.17) is 14.2 Å². The molecule has 0 bridgehead atoms. The van der Waals surface area contributed by atoms with E-state index in [2.05, 4.69) is 13.8 Å². The lowest BCUT2D eigenvalue weighted by Crippen LogP contribution is -2.07. The Hall–Kier alpha value is -1.22. The molecule has 18 heavy (non-hydrogen) atoms. The van der Waals surface area contributed by atoms with Gasteiger partial charge in [-0.1, -0.05) is 20.3 Å². The highest BCUT2D eigenvalue weighted by Crippen LogP contribution is 2.30. The van der Waals surface area contributed by atoms with Gasteiger partial charge < -0.3 is 14.2 Å². The van der Waals surface area contributed by atoms with E-state index in [0.717, 1.165) is 36.5 Å². The maximum Gasteiger partial charge on any atom is 0.122 e. The molecule has 0 heterocycles. The van der Waals surface area contributed by atoms with Gasteiger partial charge in [0.1, 0.15) is 11.5 Å². The number of ether oxygens (including phenoxy) is 3. The summed E-state index contributed by atoms with van der Waals surface area (Å²) >= 11 is 0. The van der Waals surface area contributed by atoms with Gasteiger partial charge in [-0.05, 0) is 24.6 Å². The van der Waals surface area contributed by atoms with Crippen LogP contribution in [0.5, 0.6) is 11.5 Å². The molecular weight excluding hydrogens is 228 g/mol. The fraction of sp³-hybridized carbons (Fsp3) is 0.600. The molecule has 0 aliphatic rings. The Bertz CT molecular complexity index is 350. The lowest BCUT2D eigenvalue weighted by Gasteiger charge is -2.17. The van der Waals surface area contributed by atoms with Crippen molar-refractivity contribution in [3.8, 4) is 11.5 Å². The Balaban J connectivity index is 2.66. The van der Waals surface area contributed by atoms with Crippen LogP contribution in [0.25, 0.3) is 0 Å². The average Bonchev–Trinajstić information content (AvgIpc) is 2.42. The van der Waals surface area contributed by atoms with Gasteiger partial charge in [0, 0.05) is 18.1 Å². The molecule has 3 heteroatoms. The summed E-state index contributed by atoms with van der Waals surface area (Å²) < 4.78 is 16.3. The smallest absolute Gasteiger partial charge is 0.122 e. The van der Waals surface area contributed by atoms with Gasteiger partial charge in [0.25, 0.3) is 0 Å². The average molecular weight is 252 g/mol. The van der Waals surface area contributed by atoms with Crippen LogP contribution >= 0.6 is 0 Å². The Morgan fingerprint density at radius 2 is 1.94 bits per heavy atom. The van der Waals surface area contributed by atoms with Crippen molar-refractivity contribution in [2.24, 2.45) is 0 Å². The number of hydrogen-bond acceptors (Lipinski definition) is 3. The minimum atomic E-state index is 0.298. The zero-order valence-corrected chi connectivity index (χ0v) is 11.9. The number of hydrogen-bond donors (Lipinski definition) is 0. The summed E-state index contributed by atoms with van der Waals surface area (Å²) in [4.78, 5) is 0. The fourth-order valence-electron chi connectivity index (χ4n) is 1.82. The largest absolute Gasteiger partial charge is 0.497 e. The first-order valence-electron chi connectivity index (χ1n) is 6.52. The van der Waals surface area contributed by atoms with Crippen LogP contribution in [0.15, 0.2) is 18.2 Å². The maximum absolute atomic E-state index is 5.67. The summed E-state index contributed by atoms with van der Waals surface area (Å²) in [5.41, 5.74) is 1.13. The third kappa shape index (κ3) is 4.22. The minimum Gasteiger partial charge on any atom is -0.497 e. The Morgan fingerprint density at radius 1 is 1.17 bits per heavy atom. The molecule has 0 amide bonds. The summed E-state index contributed by atoms with van der Waals surface area (Å²) in [7, 11) is 3.37. The molecule has 102 valence electrons. The van der Waals surface area contributed by atoms with Gasteiger partial charge >= 0.3 is 0 Å². The normalized spacial score (nSPS) is 12.2. The van der Waals surface area contributed by atoms with Crippen molar-refractivity contribution < 1.29 is 14.2 Å². The van der Waals surface area contributed by atoms with Gasteiger partial charge in [0.2, 0.25) is 0 Å². The fourth-order valence-corrected chi connectivity index (χ4v) is 1.82. The highest BCUT2D eigenvalue weighted by molar-refractivity contribution is 5.42. The van der Waals surface area contributed by atoms with Crippen molar-refractivity contribution in [2.75, 3.05) is 27.4 Å². The molecule has 0 aliphatic carbocycles. The third-order valence-electron chi connectivity index (χ3n) is 2.98. The number of rotatable bonds is 8. The van der Waals surface area contributed by atoms with Crippen LogP contribution in [-0.4, -0.2) is 27.4 Å². The van der Waals surface area contributed by atoms with E-state index < -0.39 is 0 Å². The first-order chi connectivity index (χ1) is 8.72. The summed E-state index contributed by atoms with van der Waals surface area (Å²) in [6, 6.07) is 5.87. The van der Waals surface area contributed by atoms with Crippen LogP contribution in [0, 0.1) is 0 Å². The summed E-state index contributed by atoms with van der Waals surface area (Å²) in [5, 5.41) is 0. The van der Waals surface area contributed by atoms with E-state index in [9.17, 15) is 0 Å². The molecule has 0 aromatic heterocycles. The third-order valence-corrected chi connectivity index (χ3v) is 2.98. The standard InChI is InChI=1S/C15H24O3/c1-5-6-9-18-11-12(2)14-10-13(16-3)7-8-15(14)17-4/h7-8,10,12H,5-6,9,11H2,1-4H3/t12-/m0/s1. The first-order valence-corrected chi connectivity index (χ1v) is 6.52. The molecule has 0 radical (unpaired) electrons. The predicted molar refractivity (Wildman–Crippen MR) is 73.7 cm³/mol. The van der Waals surface area contributed by atoms with Crippen LogP contribution in [0.4, 0.5) is 0 Å². The second kappa shape index (κ2) is 7.98. The number of benzene rings is 1. The van der Waals surface area contributed by atoms with Crippen LogP contribution in [0.3, 0.4) is 0 Å². The molecule has 1 atom stereocenters. The molecular formula is C15H24O3. The zero-order valence-electron chi connectivity index (χ0n) is 11.9. The lowest BCUT2D eigenvalue weighted by molar-refractivity contribution is 0.120. The summed E-state index contributed by atoms with van der Waals surface area (Å²) in [5.74, 6) is 2.04. The zero-order chi connectivity index (χ0) is 13.4. The van der Waals surface area contributed by atoms with Crippen molar-refractivity contribution >= 4 is 0 Å². The molecule has 3 nitrogen and oxygen atoms in total. The van der Waals surface area contributed by atoms with E-state index in [1.165, 1.54) is 0 Å². The van der Waals surface area contributed by atoms with E-state index >= 15 is 0 Å². The summed E-state index contributed by atoms with van der Waals surface area (Å²) in [6.45, 7) is 5.85. The number of methoxy groups -OCH3 is 2. The second-order valence-electron chi connectivity index (χ2n) is 4.44. The highest BCUT2D eigenvalue weighted by atomic mass is 16.5. The number of unbranched alkanes of at least 4 members (excludes halogenated alkanes) is 1. The van der Waals surface area contributed by atoms with Gasteiger partial charge in [-0.15, -0.1) is 0 Å². The predicted octanol–water partition coefficient (Wildman–Crippen LogP) is 3.62. The highest BCUT2D eigenvalue weighted by Gasteiger charge is 2.12. The molecule has 1 aromatic carbocycles. The van der Waals surface area contributed by atoms with Gasteiger partial charge in [-0.2, -0.15) is 0 Å². The molecule has 0 aliphatic heterocycles. The Kier molecular flexibility index (Phi) is 6.58. The molecule has 0 fully saturated rings. The maximum atomic E-state index is 5.67. The van der Waals surface area contributed by atoms with Gasteiger partial charge in [-0.3, -0.25) is 0 Å². The van der Waals surface area contributed by atoms with Crippen molar-refractivity contribution in [3.05, 3.63) is 23.8 Å². The van der Waals surface area contributed by atoms with Crippen LogP contribution in [0.2, 0.25) is 0 Å². The molecule has 0 saturated carbocycles. The first kappa shape index (κ1) is 14.8. The van der Waals surface area contributed by atoms with E-state index in [-0.39, 0.29) is 0 Å². The second-order valence-corrected chi connectivity index (χ2v) is 4.44. The van der Waals surface area contributed by atoms with E-state index in [1.54, 1.807) is 14.2 Å². The molecule has 1 aromatic rings. The SMILES string of the molecule is CCCCOC[C@H](C)c1cc(OC)ccc1OC. The van der Waals surface area contributed by atoms with Crippen LogP contribution < -0.4 is 9.47 Å².